The lowest BCUT2D eigenvalue weighted by Gasteiger charge is -2.32. The average molecular weight is 503 g/mol. The normalized spacial score (nSPS) is 20.7. The Kier molecular flexibility index (Phi) is 7.26. The summed E-state index contributed by atoms with van der Waals surface area (Å²) >= 11 is 0. The Labute approximate surface area is 214 Å². The Morgan fingerprint density at radius 2 is 1.58 bits per heavy atom. The first-order chi connectivity index (χ1) is 17.4. The van der Waals surface area contributed by atoms with E-state index in [0.717, 1.165) is 48.5 Å². The van der Waals surface area contributed by atoms with Gasteiger partial charge in [0.05, 0.1) is 4.90 Å². The van der Waals surface area contributed by atoms with Gasteiger partial charge in [0.15, 0.2) is 0 Å². The van der Waals surface area contributed by atoms with Crippen LogP contribution in [0.2, 0.25) is 0 Å². The predicted molar refractivity (Wildman–Crippen MR) is 142 cm³/mol. The number of aryl methyl sites for hydroxylation is 1. The first-order valence-corrected chi connectivity index (χ1v) is 14.4. The fraction of sp³-hybridized carbons (Fsp3) is 0.367. The van der Waals surface area contributed by atoms with Gasteiger partial charge < -0.3 is 0 Å². The van der Waals surface area contributed by atoms with Crippen LogP contribution in [-0.4, -0.2) is 32.3 Å². The third-order valence-electron chi connectivity index (χ3n) is 7.67. The molecule has 0 aromatic heterocycles. The summed E-state index contributed by atoms with van der Waals surface area (Å²) in [5, 5.41) is 0. The number of nitrogens with one attached hydrogen (secondary N) is 1. The van der Waals surface area contributed by atoms with Crippen LogP contribution in [0.4, 0.5) is 0 Å². The van der Waals surface area contributed by atoms with Gasteiger partial charge in [-0.05, 0) is 98.8 Å². The zero-order valence-corrected chi connectivity index (χ0v) is 21.6. The van der Waals surface area contributed by atoms with Crippen molar-refractivity contribution in [1.29, 1.82) is 0 Å². The summed E-state index contributed by atoms with van der Waals surface area (Å²) in [6.07, 6.45) is 5.18. The number of hydrogen-bond acceptors (Lipinski definition) is 4. The maximum absolute atomic E-state index is 12.5. The molecule has 0 bridgehead atoms. The average Bonchev–Trinajstić information content (AvgIpc) is 3.65. The number of carbonyl (C=O) groups excluding carboxylic acids is 1. The summed E-state index contributed by atoms with van der Waals surface area (Å²) in [5.74, 6) is 1.84. The fourth-order valence-corrected chi connectivity index (χ4v) is 6.38. The topological polar surface area (TPSA) is 66.5 Å². The van der Waals surface area contributed by atoms with Crippen molar-refractivity contribution in [2.45, 2.75) is 50.0 Å². The summed E-state index contributed by atoms with van der Waals surface area (Å²) in [6, 6.07) is 24.6. The van der Waals surface area contributed by atoms with E-state index >= 15 is 0 Å². The van der Waals surface area contributed by atoms with Crippen LogP contribution in [-0.2, 0) is 16.6 Å². The molecule has 5 nitrogen and oxygen atoms in total. The van der Waals surface area contributed by atoms with E-state index in [-0.39, 0.29) is 4.90 Å². The number of carbonyl (C=O) groups is 1. The van der Waals surface area contributed by atoms with Crippen molar-refractivity contribution in [3.63, 3.8) is 0 Å². The Hall–Kier alpha value is -2.96. The van der Waals surface area contributed by atoms with Crippen LogP contribution in [0.15, 0.2) is 83.8 Å². The summed E-state index contributed by atoms with van der Waals surface area (Å²) in [5.41, 5.74) is 3.94. The van der Waals surface area contributed by atoms with E-state index in [9.17, 15) is 13.2 Å². The zero-order chi connectivity index (χ0) is 25.1. The summed E-state index contributed by atoms with van der Waals surface area (Å²) in [7, 11) is -3.89. The second kappa shape index (κ2) is 10.6. The highest BCUT2D eigenvalue weighted by molar-refractivity contribution is 7.90. The molecule has 1 aliphatic carbocycles. The molecule has 6 heteroatoms. The molecule has 1 amide bonds. The van der Waals surface area contributed by atoms with Crippen molar-refractivity contribution in [3.05, 3.63) is 101 Å². The molecule has 36 heavy (non-hydrogen) atoms. The standard InChI is InChI=1S/C30H34N2O3S/c1-22-7-13-28(14-8-22)36(34,35)31-30(33)26-11-9-24(10-12-26)21-32-17-15-23(16-18-32)19-27-20-29(27)25-5-3-2-4-6-25/h2-14,23,27,29H,15-21H2,1H3,(H,31,33)/t27-,29+/m1/s1. The number of nitrogens with zero attached hydrogens (tertiary/aromatic N) is 1. The minimum atomic E-state index is -3.89. The predicted octanol–water partition coefficient (Wildman–Crippen LogP) is 5.52. The third-order valence-corrected chi connectivity index (χ3v) is 9.02. The molecule has 1 saturated heterocycles. The Balaban J connectivity index is 1.08. The number of piperidine rings is 1. The molecule has 3 aromatic carbocycles. The van der Waals surface area contributed by atoms with Gasteiger partial charge >= 0.3 is 0 Å². The largest absolute Gasteiger partial charge is 0.299 e. The maximum atomic E-state index is 12.5. The quantitative estimate of drug-likeness (QED) is 0.441. The molecule has 0 spiro atoms. The van der Waals surface area contributed by atoms with Gasteiger partial charge in [-0.3, -0.25) is 9.69 Å². The molecule has 3 aromatic rings. The lowest BCUT2D eigenvalue weighted by molar-refractivity contribution is 0.0981. The summed E-state index contributed by atoms with van der Waals surface area (Å²) in [6.45, 7) is 4.94. The number of amides is 1. The van der Waals surface area contributed by atoms with Crippen molar-refractivity contribution in [3.8, 4) is 0 Å². The van der Waals surface area contributed by atoms with Crippen molar-refractivity contribution in [2.75, 3.05) is 13.1 Å². The van der Waals surface area contributed by atoms with Gasteiger partial charge in [0.25, 0.3) is 15.9 Å². The van der Waals surface area contributed by atoms with Gasteiger partial charge in [-0.2, -0.15) is 0 Å². The SMILES string of the molecule is Cc1ccc(S(=O)(=O)NC(=O)c2ccc(CN3CCC(C[C@@H]4C[C@H]4c4ccccc4)CC3)cc2)cc1. The van der Waals surface area contributed by atoms with E-state index in [1.165, 1.54) is 43.4 Å². The summed E-state index contributed by atoms with van der Waals surface area (Å²) < 4.78 is 27.2. The highest BCUT2D eigenvalue weighted by atomic mass is 32.2. The number of benzene rings is 3. The Bertz CT molecular complexity index is 1280. The van der Waals surface area contributed by atoms with Crippen LogP contribution in [0.5, 0.6) is 0 Å². The number of sulfonamides is 1. The van der Waals surface area contributed by atoms with Crippen LogP contribution in [0.1, 0.15) is 58.6 Å². The van der Waals surface area contributed by atoms with Gasteiger partial charge in [0, 0.05) is 12.1 Å². The van der Waals surface area contributed by atoms with Crippen LogP contribution in [0.3, 0.4) is 0 Å². The maximum Gasteiger partial charge on any atom is 0.264 e. The van der Waals surface area contributed by atoms with E-state index in [1.54, 1.807) is 24.3 Å². The highest BCUT2D eigenvalue weighted by Gasteiger charge is 2.39. The van der Waals surface area contributed by atoms with Gasteiger partial charge in [-0.25, -0.2) is 13.1 Å². The van der Waals surface area contributed by atoms with Crippen molar-refractivity contribution in [2.24, 2.45) is 11.8 Å². The van der Waals surface area contributed by atoms with E-state index in [0.29, 0.717) is 5.56 Å². The molecule has 2 atom stereocenters. The van der Waals surface area contributed by atoms with Gasteiger partial charge in [0.1, 0.15) is 0 Å². The van der Waals surface area contributed by atoms with Crippen LogP contribution in [0, 0.1) is 18.8 Å². The molecule has 5 rings (SSSR count). The molecule has 2 fully saturated rings. The highest BCUT2D eigenvalue weighted by Crippen LogP contribution is 2.51. The van der Waals surface area contributed by atoms with E-state index in [1.807, 2.05) is 19.1 Å². The molecule has 188 valence electrons. The number of rotatable bonds is 8. The zero-order valence-electron chi connectivity index (χ0n) is 20.8. The number of hydrogen-bond donors (Lipinski definition) is 1. The monoisotopic (exact) mass is 502 g/mol. The molecule has 1 N–H and O–H groups in total. The second-order valence-corrected chi connectivity index (χ2v) is 12.1. The van der Waals surface area contributed by atoms with Gasteiger partial charge in [0.2, 0.25) is 0 Å². The van der Waals surface area contributed by atoms with E-state index in [2.05, 4.69) is 40.0 Å². The van der Waals surface area contributed by atoms with Crippen LogP contribution >= 0.6 is 0 Å². The van der Waals surface area contributed by atoms with E-state index < -0.39 is 15.9 Å². The van der Waals surface area contributed by atoms with Gasteiger partial charge in [-0.15, -0.1) is 0 Å². The number of likely N-dealkylation sites (tertiary alicyclic amines) is 1. The van der Waals surface area contributed by atoms with Crippen LogP contribution in [0.25, 0.3) is 0 Å². The molecule has 1 saturated carbocycles. The second-order valence-electron chi connectivity index (χ2n) is 10.4. The molecule has 0 unspecified atom stereocenters. The molecular formula is C30H34N2O3S. The van der Waals surface area contributed by atoms with Crippen molar-refractivity contribution >= 4 is 15.9 Å². The minimum absolute atomic E-state index is 0.0822. The Morgan fingerprint density at radius 3 is 2.25 bits per heavy atom. The molecule has 0 radical (unpaired) electrons. The Morgan fingerprint density at radius 1 is 0.917 bits per heavy atom. The molecule has 1 heterocycles. The first kappa shape index (κ1) is 24.7. The molecular weight excluding hydrogens is 468 g/mol. The molecule has 1 aliphatic heterocycles. The van der Waals surface area contributed by atoms with E-state index in [4.69, 9.17) is 0 Å². The molecule has 2 aliphatic rings. The van der Waals surface area contributed by atoms with Gasteiger partial charge in [-0.1, -0.05) is 60.2 Å². The lowest BCUT2D eigenvalue weighted by atomic mass is 9.90. The van der Waals surface area contributed by atoms with Crippen molar-refractivity contribution in [1.82, 2.24) is 9.62 Å². The smallest absolute Gasteiger partial charge is 0.264 e. The first-order valence-electron chi connectivity index (χ1n) is 12.9. The fourth-order valence-electron chi connectivity index (χ4n) is 5.40. The third kappa shape index (κ3) is 6.05. The lowest BCUT2D eigenvalue weighted by Crippen LogP contribution is -2.33. The summed E-state index contributed by atoms with van der Waals surface area (Å²) in [4.78, 5) is 15.1. The van der Waals surface area contributed by atoms with Crippen LogP contribution < -0.4 is 4.72 Å². The minimum Gasteiger partial charge on any atom is -0.299 e. The van der Waals surface area contributed by atoms with Crippen molar-refractivity contribution < 1.29 is 13.2 Å².